The number of aryl methyl sites for hydroxylation is 1. The van der Waals surface area contributed by atoms with Crippen molar-refractivity contribution in [1.29, 1.82) is 0 Å². The molecule has 0 amide bonds. The van der Waals surface area contributed by atoms with Gasteiger partial charge in [0.2, 0.25) is 0 Å². The molecule has 0 radical (unpaired) electrons. The van der Waals surface area contributed by atoms with Crippen LogP contribution in [0, 0.1) is 6.92 Å². The molecule has 0 saturated carbocycles. The predicted molar refractivity (Wildman–Crippen MR) is 76.7 cm³/mol. The van der Waals surface area contributed by atoms with Gasteiger partial charge in [0.05, 0.1) is 11.7 Å². The maximum absolute atomic E-state index is 6.00. The van der Waals surface area contributed by atoms with Crippen LogP contribution in [0.25, 0.3) is 0 Å². The summed E-state index contributed by atoms with van der Waals surface area (Å²) in [7, 11) is 0. The average molecular weight is 256 g/mol. The largest absolute Gasteiger partial charge is 0.384 e. The summed E-state index contributed by atoms with van der Waals surface area (Å²) < 4.78 is 1.99. The molecule has 2 N–H and O–H groups in total. The predicted octanol–water partition coefficient (Wildman–Crippen LogP) is 2.22. The van der Waals surface area contributed by atoms with Gasteiger partial charge in [0, 0.05) is 25.7 Å². The smallest absolute Gasteiger partial charge is 0.122 e. The van der Waals surface area contributed by atoms with Gasteiger partial charge in [-0.05, 0) is 18.9 Å². The maximum Gasteiger partial charge on any atom is 0.122 e. The number of nitrogens with two attached hydrogens (primary N) is 1. The standard InChI is InChI=1S/C15H20N4/c1-12-9-15(16)19(17-12)14-7-8-18(11-14)10-13-5-3-2-4-6-13/h2-6,9,14H,7-8,10-11,16H2,1H3/t14-/m0/s1. The second kappa shape index (κ2) is 5.05. The molecule has 0 unspecified atom stereocenters. The molecular weight excluding hydrogens is 236 g/mol. The molecule has 1 saturated heterocycles. The Labute approximate surface area is 113 Å². The lowest BCUT2D eigenvalue weighted by atomic mass is 10.2. The number of likely N-dealkylation sites (tertiary alicyclic amines) is 1. The topological polar surface area (TPSA) is 47.1 Å². The molecule has 1 aliphatic heterocycles. The van der Waals surface area contributed by atoms with E-state index in [2.05, 4.69) is 40.3 Å². The molecule has 1 aromatic heterocycles. The van der Waals surface area contributed by atoms with Crippen LogP contribution in [0.3, 0.4) is 0 Å². The summed E-state index contributed by atoms with van der Waals surface area (Å²) in [4.78, 5) is 2.47. The van der Waals surface area contributed by atoms with Crippen molar-refractivity contribution < 1.29 is 0 Å². The molecule has 1 atom stereocenters. The van der Waals surface area contributed by atoms with E-state index in [0.717, 1.165) is 37.6 Å². The Kier molecular flexibility index (Phi) is 3.25. The summed E-state index contributed by atoms with van der Waals surface area (Å²) >= 11 is 0. The van der Waals surface area contributed by atoms with E-state index in [0.29, 0.717) is 6.04 Å². The second-order valence-electron chi connectivity index (χ2n) is 5.32. The van der Waals surface area contributed by atoms with E-state index in [1.807, 2.05) is 17.7 Å². The number of nitrogen functional groups attached to an aromatic ring is 1. The van der Waals surface area contributed by atoms with Crippen LogP contribution >= 0.6 is 0 Å². The van der Waals surface area contributed by atoms with Crippen molar-refractivity contribution >= 4 is 5.82 Å². The minimum absolute atomic E-state index is 0.414. The van der Waals surface area contributed by atoms with E-state index < -0.39 is 0 Å². The van der Waals surface area contributed by atoms with Gasteiger partial charge in [-0.2, -0.15) is 5.10 Å². The van der Waals surface area contributed by atoms with Crippen molar-refractivity contribution in [3.63, 3.8) is 0 Å². The Bertz CT molecular complexity index is 547. The van der Waals surface area contributed by atoms with Gasteiger partial charge >= 0.3 is 0 Å². The lowest BCUT2D eigenvalue weighted by Gasteiger charge is -2.16. The summed E-state index contributed by atoms with van der Waals surface area (Å²) in [5, 5.41) is 4.50. The Balaban J connectivity index is 1.66. The summed E-state index contributed by atoms with van der Waals surface area (Å²) in [6.07, 6.45) is 1.12. The van der Waals surface area contributed by atoms with Crippen LogP contribution in [0.4, 0.5) is 5.82 Å². The minimum atomic E-state index is 0.414. The zero-order chi connectivity index (χ0) is 13.2. The highest BCUT2D eigenvalue weighted by Gasteiger charge is 2.25. The van der Waals surface area contributed by atoms with E-state index in [4.69, 9.17) is 5.73 Å². The number of hydrogen-bond acceptors (Lipinski definition) is 3. The first kappa shape index (κ1) is 12.2. The third-order valence-electron chi connectivity index (χ3n) is 3.73. The fourth-order valence-corrected chi connectivity index (χ4v) is 2.83. The highest BCUT2D eigenvalue weighted by atomic mass is 15.4. The Morgan fingerprint density at radius 1 is 1.32 bits per heavy atom. The molecular formula is C15H20N4. The van der Waals surface area contributed by atoms with Gasteiger partial charge in [-0.15, -0.1) is 0 Å². The Hall–Kier alpha value is -1.81. The van der Waals surface area contributed by atoms with E-state index in [1.54, 1.807) is 0 Å². The van der Waals surface area contributed by atoms with Crippen LogP contribution in [0.2, 0.25) is 0 Å². The monoisotopic (exact) mass is 256 g/mol. The molecule has 3 rings (SSSR count). The van der Waals surface area contributed by atoms with Crippen LogP contribution in [0.5, 0.6) is 0 Å². The van der Waals surface area contributed by atoms with Gasteiger partial charge in [-0.25, -0.2) is 4.68 Å². The SMILES string of the molecule is Cc1cc(N)n([C@H]2CCN(Cc3ccccc3)C2)n1. The first-order valence-corrected chi connectivity index (χ1v) is 6.80. The van der Waals surface area contributed by atoms with E-state index in [1.165, 1.54) is 5.56 Å². The highest BCUT2D eigenvalue weighted by molar-refractivity contribution is 5.31. The normalized spacial score (nSPS) is 19.9. The first-order valence-electron chi connectivity index (χ1n) is 6.80. The van der Waals surface area contributed by atoms with Crippen molar-refractivity contribution in [2.45, 2.75) is 25.9 Å². The van der Waals surface area contributed by atoms with Crippen LogP contribution in [0.1, 0.15) is 23.7 Å². The molecule has 0 spiro atoms. The second-order valence-corrected chi connectivity index (χ2v) is 5.32. The molecule has 0 bridgehead atoms. The molecule has 4 nitrogen and oxygen atoms in total. The van der Waals surface area contributed by atoms with Gasteiger partial charge in [-0.1, -0.05) is 30.3 Å². The first-order chi connectivity index (χ1) is 9.22. The minimum Gasteiger partial charge on any atom is -0.384 e. The molecule has 100 valence electrons. The van der Waals surface area contributed by atoms with Gasteiger partial charge in [0.1, 0.15) is 5.82 Å². The fraction of sp³-hybridized carbons (Fsp3) is 0.400. The zero-order valence-corrected chi connectivity index (χ0v) is 11.3. The van der Waals surface area contributed by atoms with Gasteiger partial charge in [0.25, 0.3) is 0 Å². The molecule has 4 heteroatoms. The van der Waals surface area contributed by atoms with Crippen LogP contribution in [0.15, 0.2) is 36.4 Å². The van der Waals surface area contributed by atoms with Crippen LogP contribution in [-0.2, 0) is 6.54 Å². The Morgan fingerprint density at radius 2 is 2.11 bits per heavy atom. The number of anilines is 1. The van der Waals surface area contributed by atoms with E-state index in [9.17, 15) is 0 Å². The number of hydrogen-bond donors (Lipinski definition) is 1. The summed E-state index contributed by atoms with van der Waals surface area (Å²) in [5.41, 5.74) is 8.37. The molecule has 1 fully saturated rings. The maximum atomic E-state index is 6.00. The molecule has 2 heterocycles. The third kappa shape index (κ3) is 2.63. The summed E-state index contributed by atoms with van der Waals surface area (Å²) in [5.74, 6) is 0.782. The van der Waals surface area contributed by atoms with Crippen molar-refractivity contribution in [2.24, 2.45) is 0 Å². The molecule has 0 aliphatic carbocycles. The third-order valence-corrected chi connectivity index (χ3v) is 3.73. The van der Waals surface area contributed by atoms with Gasteiger partial charge in [0.15, 0.2) is 0 Å². The molecule has 19 heavy (non-hydrogen) atoms. The lowest BCUT2D eigenvalue weighted by molar-refractivity contribution is 0.312. The van der Waals surface area contributed by atoms with E-state index >= 15 is 0 Å². The molecule has 2 aromatic rings. The van der Waals surface area contributed by atoms with Crippen LogP contribution in [-0.4, -0.2) is 27.8 Å². The number of nitrogens with zero attached hydrogens (tertiary/aromatic N) is 3. The average Bonchev–Trinajstić information content (AvgIpc) is 2.97. The fourth-order valence-electron chi connectivity index (χ4n) is 2.83. The van der Waals surface area contributed by atoms with Crippen molar-refractivity contribution in [3.05, 3.63) is 47.7 Å². The van der Waals surface area contributed by atoms with Crippen molar-refractivity contribution in [3.8, 4) is 0 Å². The summed E-state index contributed by atoms with van der Waals surface area (Å²) in [6.45, 7) is 5.14. The molecule has 1 aromatic carbocycles. The van der Waals surface area contributed by atoms with Crippen molar-refractivity contribution in [1.82, 2.24) is 14.7 Å². The number of aromatic nitrogens is 2. The van der Waals surface area contributed by atoms with Gasteiger partial charge < -0.3 is 5.73 Å². The van der Waals surface area contributed by atoms with Crippen LogP contribution < -0.4 is 5.73 Å². The number of benzene rings is 1. The number of rotatable bonds is 3. The molecule has 1 aliphatic rings. The van der Waals surface area contributed by atoms with Crippen molar-refractivity contribution in [2.75, 3.05) is 18.8 Å². The van der Waals surface area contributed by atoms with E-state index in [-0.39, 0.29) is 0 Å². The van der Waals surface area contributed by atoms with Gasteiger partial charge in [-0.3, -0.25) is 4.90 Å². The summed E-state index contributed by atoms with van der Waals surface area (Å²) in [6, 6.07) is 13.0. The highest BCUT2D eigenvalue weighted by Crippen LogP contribution is 2.25. The zero-order valence-electron chi connectivity index (χ0n) is 11.3. The Morgan fingerprint density at radius 3 is 2.79 bits per heavy atom. The lowest BCUT2D eigenvalue weighted by Crippen LogP contribution is -2.22. The quantitative estimate of drug-likeness (QED) is 0.916.